The number of aromatic nitrogens is 2. The molecule has 2 aromatic rings. The molecule has 0 radical (unpaired) electrons. The Labute approximate surface area is 193 Å². The Balaban J connectivity index is 1.88. The summed E-state index contributed by atoms with van der Waals surface area (Å²) in [5.41, 5.74) is -0.572. The summed E-state index contributed by atoms with van der Waals surface area (Å²) < 4.78 is 74.0. The Bertz CT molecular complexity index is 1180. The predicted molar refractivity (Wildman–Crippen MR) is 116 cm³/mol. The van der Waals surface area contributed by atoms with Gasteiger partial charge in [0.25, 0.3) is 0 Å². The van der Waals surface area contributed by atoms with Crippen LogP contribution in [-0.2, 0) is 20.8 Å². The van der Waals surface area contributed by atoms with Crippen LogP contribution in [0.4, 0.5) is 19.0 Å². The molecule has 1 fully saturated rings. The molecule has 0 N–H and O–H groups in total. The minimum Gasteiger partial charge on any atom is -0.381 e. The fourth-order valence-corrected chi connectivity index (χ4v) is 7.29. The summed E-state index contributed by atoms with van der Waals surface area (Å²) in [7, 11) is -2.34. The number of rotatable bonds is 4. The first kappa shape index (κ1) is 23.5. The van der Waals surface area contributed by atoms with Crippen molar-refractivity contribution in [2.45, 2.75) is 55.0 Å². The van der Waals surface area contributed by atoms with Crippen LogP contribution in [0.3, 0.4) is 0 Å². The van der Waals surface area contributed by atoms with Gasteiger partial charge in [0.05, 0.1) is 21.4 Å². The number of sulfone groups is 1. The molecule has 1 aromatic carbocycles. The van der Waals surface area contributed by atoms with Crippen molar-refractivity contribution >= 4 is 44.6 Å². The monoisotopic (exact) mass is 509 g/mol. The lowest BCUT2D eigenvalue weighted by atomic mass is 9.99. The van der Waals surface area contributed by atoms with Gasteiger partial charge in [0.1, 0.15) is 11.3 Å². The molecule has 1 aliphatic heterocycles. The summed E-state index contributed by atoms with van der Waals surface area (Å²) in [5.74, 6) is -0.0708. The average molecular weight is 510 g/mol. The summed E-state index contributed by atoms with van der Waals surface area (Å²) in [6.45, 7) is 1.51. The fourth-order valence-electron chi connectivity index (χ4n) is 4.46. The number of nitrogens with zero attached hydrogens (tertiary/aromatic N) is 3. The van der Waals surface area contributed by atoms with Gasteiger partial charge >= 0.3 is 6.18 Å². The maximum atomic E-state index is 13.8. The van der Waals surface area contributed by atoms with Gasteiger partial charge < -0.3 is 4.74 Å². The smallest absolute Gasteiger partial charge is 0.381 e. The highest BCUT2D eigenvalue weighted by Gasteiger charge is 2.48. The number of hydrogen-bond acceptors (Lipinski definition) is 5. The zero-order valence-corrected chi connectivity index (χ0v) is 19.4. The number of methoxy groups -OCH3 is 1. The minimum absolute atomic E-state index is 0.0708. The third-order valence-electron chi connectivity index (χ3n) is 6.03. The zero-order chi connectivity index (χ0) is 23.4. The molecule has 4 atom stereocenters. The number of fused-ring (bicyclic) bond motifs is 1. The second kappa shape index (κ2) is 8.30. The molecule has 2 aliphatic rings. The van der Waals surface area contributed by atoms with Crippen molar-refractivity contribution in [3.05, 3.63) is 45.6 Å². The summed E-state index contributed by atoms with van der Waals surface area (Å²) in [6.07, 6.45) is -3.58. The Kier molecular flexibility index (Phi) is 6.11. The first-order chi connectivity index (χ1) is 14.9. The molecular weight excluding hydrogens is 490 g/mol. The average Bonchev–Trinajstić information content (AvgIpc) is 3.36. The van der Waals surface area contributed by atoms with Crippen molar-refractivity contribution in [2.24, 2.45) is 4.99 Å². The van der Waals surface area contributed by atoms with Crippen LogP contribution in [0.2, 0.25) is 10.0 Å². The zero-order valence-electron chi connectivity index (χ0n) is 17.1. The normalized spacial score (nSPS) is 26.2. The van der Waals surface area contributed by atoms with E-state index in [4.69, 9.17) is 27.9 Å². The van der Waals surface area contributed by atoms with Gasteiger partial charge in [-0.25, -0.2) is 18.1 Å². The minimum atomic E-state index is -4.71. The van der Waals surface area contributed by atoms with E-state index < -0.39 is 38.2 Å². The molecule has 174 valence electrons. The summed E-state index contributed by atoms with van der Waals surface area (Å²) in [4.78, 5) is 4.20. The third kappa shape index (κ3) is 4.06. The lowest BCUT2D eigenvalue weighted by molar-refractivity contribution is -0.141. The third-order valence-corrected chi connectivity index (χ3v) is 9.44. The van der Waals surface area contributed by atoms with Crippen LogP contribution in [0, 0.1) is 0 Å². The highest BCUT2D eigenvalue weighted by Crippen LogP contribution is 2.43. The van der Waals surface area contributed by atoms with Crippen LogP contribution < -0.4 is 0 Å². The summed E-state index contributed by atoms with van der Waals surface area (Å²) in [5, 5.41) is 2.19. The number of ether oxygens (including phenoxy) is 1. The summed E-state index contributed by atoms with van der Waals surface area (Å²) >= 11 is 12.2. The van der Waals surface area contributed by atoms with Gasteiger partial charge in [-0.3, -0.25) is 0 Å². The van der Waals surface area contributed by atoms with Gasteiger partial charge in [-0.2, -0.15) is 18.3 Å². The maximum Gasteiger partial charge on any atom is 0.435 e. The van der Waals surface area contributed by atoms with Gasteiger partial charge in [0, 0.05) is 18.9 Å². The second-order valence-electron chi connectivity index (χ2n) is 8.00. The van der Waals surface area contributed by atoms with E-state index in [2.05, 4.69) is 10.1 Å². The molecule has 0 amide bonds. The van der Waals surface area contributed by atoms with Crippen molar-refractivity contribution in [1.82, 2.24) is 9.78 Å². The van der Waals surface area contributed by atoms with Crippen LogP contribution in [0.15, 0.2) is 29.3 Å². The molecule has 0 spiro atoms. The molecule has 0 saturated heterocycles. The Morgan fingerprint density at radius 1 is 1.16 bits per heavy atom. The van der Waals surface area contributed by atoms with E-state index in [1.807, 2.05) is 0 Å². The molecule has 2 heterocycles. The molecule has 6 nitrogen and oxygen atoms in total. The molecule has 1 aromatic heterocycles. The predicted octanol–water partition coefficient (Wildman–Crippen LogP) is 5.26. The van der Waals surface area contributed by atoms with Crippen molar-refractivity contribution < 1.29 is 26.3 Å². The van der Waals surface area contributed by atoms with Gasteiger partial charge in [-0.05, 0) is 43.9 Å². The van der Waals surface area contributed by atoms with E-state index in [0.717, 1.165) is 10.7 Å². The SMILES string of the molecule is CO[C@@H]1CCC(S(=O)(=O)C2C(C)=Nc3cc(C(F)(F)F)nn3C2c2ccc(Cl)c(Cl)c2)C1. The largest absolute Gasteiger partial charge is 0.435 e. The van der Waals surface area contributed by atoms with E-state index in [1.165, 1.54) is 26.2 Å². The highest BCUT2D eigenvalue weighted by molar-refractivity contribution is 7.93. The van der Waals surface area contributed by atoms with E-state index in [9.17, 15) is 21.6 Å². The Hall–Kier alpha value is -1.62. The highest BCUT2D eigenvalue weighted by atomic mass is 35.5. The number of benzene rings is 1. The second-order valence-corrected chi connectivity index (χ2v) is 11.2. The molecule has 1 saturated carbocycles. The Morgan fingerprint density at radius 2 is 1.88 bits per heavy atom. The molecule has 1 aliphatic carbocycles. The van der Waals surface area contributed by atoms with E-state index in [0.29, 0.717) is 24.8 Å². The fraction of sp³-hybridized carbons (Fsp3) is 0.500. The van der Waals surface area contributed by atoms with E-state index in [-0.39, 0.29) is 27.7 Å². The molecule has 32 heavy (non-hydrogen) atoms. The number of alkyl halides is 3. The number of halogens is 5. The van der Waals surface area contributed by atoms with Gasteiger partial charge in [-0.1, -0.05) is 29.3 Å². The van der Waals surface area contributed by atoms with Crippen molar-refractivity contribution in [2.75, 3.05) is 7.11 Å². The molecular formula is C20H20Cl2F3N3O3S. The number of hydrogen-bond donors (Lipinski definition) is 0. The Morgan fingerprint density at radius 3 is 2.47 bits per heavy atom. The first-order valence-corrected chi connectivity index (χ1v) is 12.2. The molecule has 4 rings (SSSR count). The van der Waals surface area contributed by atoms with Crippen molar-refractivity contribution in [1.29, 1.82) is 0 Å². The first-order valence-electron chi connectivity index (χ1n) is 9.86. The van der Waals surface area contributed by atoms with Crippen LogP contribution in [0.5, 0.6) is 0 Å². The van der Waals surface area contributed by atoms with Gasteiger partial charge in [0.15, 0.2) is 21.3 Å². The van der Waals surface area contributed by atoms with E-state index in [1.54, 1.807) is 6.07 Å². The van der Waals surface area contributed by atoms with E-state index >= 15 is 0 Å². The molecule has 12 heteroatoms. The molecule has 3 unspecified atom stereocenters. The number of aliphatic imine (C=N–C) groups is 1. The maximum absolute atomic E-state index is 13.8. The van der Waals surface area contributed by atoms with Crippen LogP contribution >= 0.6 is 23.2 Å². The lowest BCUT2D eigenvalue weighted by Gasteiger charge is -2.33. The van der Waals surface area contributed by atoms with Crippen LogP contribution in [0.1, 0.15) is 43.5 Å². The van der Waals surface area contributed by atoms with Crippen LogP contribution in [-0.4, -0.2) is 47.6 Å². The standard InChI is InChI=1S/C20H20Cl2F3N3O3S/c1-10-19(32(29,30)13-5-4-12(8-13)31-2)18(11-3-6-14(21)15(22)7-11)28-17(26-10)9-16(27-28)20(23,24)25/h3,6-7,9,12-13,18-19H,4-5,8H2,1-2H3/t12-,13?,18?,19?/m1/s1. The lowest BCUT2D eigenvalue weighted by Crippen LogP contribution is -2.44. The van der Waals surface area contributed by atoms with Crippen molar-refractivity contribution in [3.8, 4) is 0 Å². The quantitative estimate of drug-likeness (QED) is 0.563. The van der Waals surface area contributed by atoms with Crippen LogP contribution in [0.25, 0.3) is 0 Å². The molecule has 0 bridgehead atoms. The summed E-state index contributed by atoms with van der Waals surface area (Å²) in [6, 6.07) is 4.22. The van der Waals surface area contributed by atoms with Gasteiger partial charge in [-0.15, -0.1) is 0 Å². The van der Waals surface area contributed by atoms with Gasteiger partial charge in [0.2, 0.25) is 0 Å². The topological polar surface area (TPSA) is 73.6 Å². The van der Waals surface area contributed by atoms with Crippen molar-refractivity contribution in [3.63, 3.8) is 0 Å².